The molecule has 46 heavy (non-hydrogen) atoms. The zero-order chi connectivity index (χ0) is 35.5. The zero-order valence-corrected chi connectivity index (χ0v) is 32.4. The number of carbonyl (C=O) groups excluding carboxylic acids is 2. The number of carboxylic acid groups (broad SMARTS) is 1. The van der Waals surface area contributed by atoms with Gasteiger partial charge in [-0.15, -0.1) is 6.58 Å². The third kappa shape index (κ3) is 7.05. The van der Waals surface area contributed by atoms with Crippen molar-refractivity contribution in [1.29, 1.82) is 0 Å². The van der Waals surface area contributed by atoms with Gasteiger partial charge in [0.25, 0.3) is 0 Å². The highest BCUT2D eigenvalue weighted by Crippen LogP contribution is 2.75. The molecule has 1 heterocycles. The van der Waals surface area contributed by atoms with Crippen molar-refractivity contribution in [2.75, 3.05) is 6.54 Å². The molecule has 1 N–H and O–H groups in total. The number of hydrogen-bond donors (Lipinski definition) is 1. The van der Waals surface area contributed by atoms with Crippen molar-refractivity contribution < 1.29 is 19.5 Å². The van der Waals surface area contributed by atoms with Crippen LogP contribution in [0.2, 0.25) is 0 Å². The van der Waals surface area contributed by atoms with Crippen molar-refractivity contribution >= 4 is 18.2 Å². The van der Waals surface area contributed by atoms with Crippen molar-refractivity contribution in [3.8, 4) is 0 Å². The Balaban J connectivity index is 0.000000841. The van der Waals surface area contributed by atoms with Crippen molar-refractivity contribution in [2.24, 2.45) is 50.7 Å². The number of hydrogen-bond acceptors (Lipinski definition) is 3. The van der Waals surface area contributed by atoms with Gasteiger partial charge in [-0.3, -0.25) is 9.59 Å². The fourth-order valence-corrected chi connectivity index (χ4v) is 11.9. The maximum Gasteiger partial charge on any atom is 0.303 e. The molecule has 4 unspecified atom stereocenters. The first kappa shape index (κ1) is 40.5. The van der Waals surface area contributed by atoms with Crippen LogP contribution in [0.1, 0.15) is 167 Å². The van der Waals surface area contributed by atoms with E-state index in [1.165, 1.54) is 50.4 Å². The molecule has 0 spiro atoms. The Kier molecular flexibility index (Phi) is 13.1. The highest BCUT2D eigenvalue weighted by molar-refractivity contribution is 5.79. The van der Waals surface area contributed by atoms with E-state index >= 15 is 0 Å². The van der Waals surface area contributed by atoms with Crippen LogP contribution in [0.25, 0.3) is 0 Å². The normalized spacial score (nSPS) is 38.7. The van der Waals surface area contributed by atoms with Crippen LogP contribution in [0.3, 0.4) is 0 Å². The van der Waals surface area contributed by atoms with Crippen LogP contribution in [0.5, 0.6) is 0 Å². The molecular weight excluding hydrogens is 570 g/mol. The summed E-state index contributed by atoms with van der Waals surface area (Å²) in [6.45, 7) is 32.4. The van der Waals surface area contributed by atoms with E-state index in [-0.39, 0.29) is 45.9 Å². The molecule has 0 bridgehead atoms. The van der Waals surface area contributed by atoms with Gasteiger partial charge in [0.05, 0.1) is 6.42 Å². The standard InChI is InChI=1S/C33H53NO4.C4H8.2C2H6/c1-28(2,20-27(37)38)19-26(36)34-18-17-30(5)24(29(34,3)4)12-14-32(7)25(30)11-10-22-23-9-8-13-33(23,21-35)16-15-31(22,32)6;1-4(2)3;2*1-2/h21-25H,8-20H2,1-7H3,(H,37,38);1H2,2-3H3;2*1-2H3/t22?,23-,24+,25-,30?,31-,32?,33?;;;/m1.../s1. The average molecular weight is 644 g/mol. The van der Waals surface area contributed by atoms with E-state index in [1.807, 2.05) is 55.4 Å². The molecule has 0 radical (unpaired) electrons. The number of carboxylic acids is 1. The smallest absolute Gasteiger partial charge is 0.303 e. The lowest BCUT2D eigenvalue weighted by atomic mass is 9.33. The summed E-state index contributed by atoms with van der Waals surface area (Å²) in [4.78, 5) is 39.5. The van der Waals surface area contributed by atoms with Crippen molar-refractivity contribution in [2.45, 2.75) is 173 Å². The predicted octanol–water partition coefficient (Wildman–Crippen LogP) is 10.8. The summed E-state index contributed by atoms with van der Waals surface area (Å²) in [5.74, 6) is 1.60. The number of carbonyl (C=O) groups is 3. The maximum absolute atomic E-state index is 13.6. The third-order valence-corrected chi connectivity index (χ3v) is 13.9. The number of likely N-dealkylation sites (tertiary alicyclic amines) is 1. The monoisotopic (exact) mass is 644 g/mol. The maximum atomic E-state index is 13.6. The lowest BCUT2D eigenvalue weighted by Crippen LogP contribution is -2.70. The van der Waals surface area contributed by atoms with E-state index in [9.17, 15) is 19.5 Å². The van der Waals surface area contributed by atoms with E-state index in [4.69, 9.17) is 0 Å². The molecule has 1 saturated heterocycles. The molecule has 4 aliphatic carbocycles. The topological polar surface area (TPSA) is 74.7 Å². The Morgan fingerprint density at radius 2 is 1.39 bits per heavy atom. The molecule has 5 rings (SSSR count). The number of aldehydes is 1. The first-order valence-electron chi connectivity index (χ1n) is 18.9. The third-order valence-electron chi connectivity index (χ3n) is 13.9. The molecule has 5 aliphatic rings. The van der Waals surface area contributed by atoms with Crippen molar-refractivity contribution in [3.63, 3.8) is 0 Å². The van der Waals surface area contributed by atoms with Crippen LogP contribution in [-0.4, -0.2) is 40.3 Å². The number of amides is 1. The zero-order valence-electron chi connectivity index (χ0n) is 32.4. The van der Waals surface area contributed by atoms with Gasteiger partial charge in [0.2, 0.25) is 5.91 Å². The Bertz CT molecular complexity index is 1090. The molecule has 8 atom stereocenters. The Hall–Kier alpha value is -1.65. The summed E-state index contributed by atoms with van der Waals surface area (Å²) < 4.78 is 0. The predicted molar refractivity (Wildman–Crippen MR) is 193 cm³/mol. The van der Waals surface area contributed by atoms with Crippen LogP contribution >= 0.6 is 0 Å². The second-order valence-corrected chi connectivity index (χ2v) is 17.6. The van der Waals surface area contributed by atoms with E-state index in [2.05, 4.69) is 46.1 Å². The van der Waals surface area contributed by atoms with Crippen LogP contribution in [0, 0.1) is 50.7 Å². The summed E-state index contributed by atoms with van der Waals surface area (Å²) in [7, 11) is 0. The second-order valence-electron chi connectivity index (χ2n) is 17.6. The summed E-state index contributed by atoms with van der Waals surface area (Å²) in [6, 6.07) is 0. The highest BCUT2D eigenvalue weighted by atomic mass is 16.4. The van der Waals surface area contributed by atoms with Gasteiger partial charge in [-0.1, -0.05) is 74.3 Å². The summed E-state index contributed by atoms with van der Waals surface area (Å²) >= 11 is 0. The number of rotatable bonds is 5. The molecule has 4 saturated carbocycles. The quantitative estimate of drug-likeness (QED) is 0.239. The van der Waals surface area contributed by atoms with E-state index in [0.29, 0.717) is 23.7 Å². The first-order valence-corrected chi connectivity index (χ1v) is 18.9. The van der Waals surface area contributed by atoms with Gasteiger partial charge >= 0.3 is 5.97 Å². The molecule has 5 fully saturated rings. The molecule has 1 aliphatic heterocycles. The molecule has 5 heteroatoms. The Morgan fingerprint density at radius 1 is 0.804 bits per heavy atom. The van der Waals surface area contributed by atoms with E-state index in [0.717, 1.165) is 32.2 Å². The molecule has 1 amide bonds. The van der Waals surface area contributed by atoms with Gasteiger partial charge in [0.15, 0.2) is 0 Å². The van der Waals surface area contributed by atoms with Crippen molar-refractivity contribution in [1.82, 2.24) is 4.90 Å². The molecule has 0 aromatic rings. The first-order chi connectivity index (χ1) is 21.3. The Labute approximate surface area is 284 Å². The fraction of sp³-hybridized carbons (Fsp3) is 0.878. The molecule has 5 nitrogen and oxygen atoms in total. The largest absolute Gasteiger partial charge is 0.481 e. The van der Waals surface area contributed by atoms with Gasteiger partial charge in [0.1, 0.15) is 6.29 Å². The lowest BCUT2D eigenvalue weighted by Gasteiger charge is -2.73. The van der Waals surface area contributed by atoms with Gasteiger partial charge in [-0.2, -0.15) is 0 Å². The minimum atomic E-state index is -0.838. The number of fused-ring (bicyclic) bond motifs is 7. The molecule has 0 aromatic heterocycles. The number of aliphatic carboxylic acids is 1. The van der Waals surface area contributed by atoms with Gasteiger partial charge in [-0.05, 0) is 131 Å². The minimum Gasteiger partial charge on any atom is -0.481 e. The van der Waals surface area contributed by atoms with Gasteiger partial charge < -0.3 is 14.8 Å². The summed E-state index contributed by atoms with van der Waals surface area (Å²) in [6.07, 6.45) is 13.4. The van der Waals surface area contributed by atoms with E-state index < -0.39 is 11.4 Å². The van der Waals surface area contributed by atoms with Crippen LogP contribution in [-0.2, 0) is 14.4 Å². The Morgan fingerprint density at radius 3 is 1.93 bits per heavy atom. The van der Waals surface area contributed by atoms with Gasteiger partial charge in [-0.25, -0.2) is 0 Å². The van der Waals surface area contributed by atoms with Crippen LogP contribution < -0.4 is 0 Å². The minimum absolute atomic E-state index is 0.0146. The van der Waals surface area contributed by atoms with Crippen LogP contribution in [0.4, 0.5) is 0 Å². The number of nitrogens with zero attached hydrogens (tertiary/aromatic N) is 1. The number of allylic oxidation sites excluding steroid dienone is 1. The fourth-order valence-electron chi connectivity index (χ4n) is 11.9. The van der Waals surface area contributed by atoms with Crippen LogP contribution in [0.15, 0.2) is 12.2 Å². The highest BCUT2D eigenvalue weighted by Gasteiger charge is 2.70. The second kappa shape index (κ2) is 14.9. The van der Waals surface area contributed by atoms with Gasteiger partial charge in [0, 0.05) is 23.9 Å². The SMILES string of the molecule is C=C(C)C.CC.CC.CC(C)(CC(=O)O)CC(=O)N1CCC2(C)[C@@H](CCC3(C)[C@@H]2CCC2[C@H]4CCCC4(C=O)CC[C@]23C)C1(C)C. The summed E-state index contributed by atoms with van der Waals surface area (Å²) in [5, 5.41) is 9.34. The number of piperidine rings is 1. The summed E-state index contributed by atoms with van der Waals surface area (Å²) in [5.41, 5.74) is 1.07. The molecule has 266 valence electrons. The average Bonchev–Trinajstić information content (AvgIpc) is 3.38. The lowest BCUT2D eigenvalue weighted by molar-refractivity contribution is -0.237. The molecular formula is C41H73NO4. The van der Waals surface area contributed by atoms with Crippen molar-refractivity contribution in [3.05, 3.63) is 12.2 Å². The molecule has 0 aromatic carbocycles. The van der Waals surface area contributed by atoms with E-state index in [1.54, 1.807) is 0 Å².